The highest BCUT2D eigenvalue weighted by Crippen LogP contribution is 2.32. The number of carbonyl (C=O) groups is 2. The van der Waals surface area contributed by atoms with Crippen LogP contribution in [0.15, 0.2) is 40.8 Å². The van der Waals surface area contributed by atoms with E-state index in [2.05, 4.69) is 15.6 Å². The van der Waals surface area contributed by atoms with Crippen molar-refractivity contribution in [2.45, 2.75) is 32.6 Å². The van der Waals surface area contributed by atoms with E-state index in [1.165, 1.54) is 7.11 Å². The van der Waals surface area contributed by atoms with Crippen LogP contribution in [0.2, 0.25) is 5.02 Å². The predicted octanol–water partition coefficient (Wildman–Crippen LogP) is 5.40. The third kappa shape index (κ3) is 6.37. The van der Waals surface area contributed by atoms with Gasteiger partial charge in [-0.3, -0.25) is 4.79 Å². The number of unbranched alkanes of at least 4 members (excludes halogenated alkanes) is 2. The number of nitrogens with zero attached hydrogens (tertiary/aromatic N) is 1. The molecule has 3 rings (SSSR count). The number of hydrogen-bond acceptors (Lipinski definition) is 6. The van der Waals surface area contributed by atoms with Crippen LogP contribution in [0.5, 0.6) is 5.75 Å². The number of anilines is 1. The van der Waals surface area contributed by atoms with Gasteiger partial charge < -0.3 is 24.5 Å². The number of rotatable bonds is 10. The highest BCUT2D eigenvalue weighted by atomic mass is 35.5. The lowest BCUT2D eigenvalue weighted by atomic mass is 10.2. The molecule has 1 aromatic heterocycles. The molecule has 0 saturated carbocycles. The molecule has 0 atom stereocenters. The van der Waals surface area contributed by atoms with Crippen LogP contribution in [-0.4, -0.2) is 37.2 Å². The van der Waals surface area contributed by atoms with Gasteiger partial charge in [0, 0.05) is 23.6 Å². The lowest BCUT2D eigenvalue weighted by Crippen LogP contribution is -2.29. The van der Waals surface area contributed by atoms with Crippen molar-refractivity contribution in [2.24, 2.45) is 0 Å². The number of urea groups is 1. The maximum Gasteiger partial charge on any atom is 0.319 e. The summed E-state index contributed by atoms with van der Waals surface area (Å²) >= 11 is 6.02. The lowest BCUT2D eigenvalue weighted by molar-refractivity contribution is -0.143. The molecule has 9 heteroatoms. The Morgan fingerprint density at radius 3 is 2.75 bits per heavy atom. The van der Waals surface area contributed by atoms with Crippen LogP contribution in [-0.2, 0) is 9.53 Å². The molecule has 0 aliphatic heterocycles. The molecule has 1 heterocycles. The molecule has 2 N–H and O–H groups in total. The van der Waals surface area contributed by atoms with Crippen LogP contribution >= 0.6 is 11.6 Å². The van der Waals surface area contributed by atoms with Gasteiger partial charge in [-0.1, -0.05) is 18.0 Å². The van der Waals surface area contributed by atoms with Crippen LogP contribution in [0.4, 0.5) is 10.5 Å². The maximum atomic E-state index is 12.3. The molecule has 2 amide bonds. The third-order valence-corrected chi connectivity index (χ3v) is 4.93. The van der Waals surface area contributed by atoms with Crippen molar-refractivity contribution < 1.29 is 23.5 Å². The molecule has 0 aliphatic carbocycles. The molecule has 0 bridgehead atoms. The molecular weight excluding hydrogens is 434 g/mol. The summed E-state index contributed by atoms with van der Waals surface area (Å²) in [6.07, 6.45) is 2.70. The topological polar surface area (TPSA) is 103 Å². The van der Waals surface area contributed by atoms with Gasteiger partial charge in [-0.05, 0) is 56.2 Å². The van der Waals surface area contributed by atoms with Crippen molar-refractivity contribution in [1.82, 2.24) is 10.3 Å². The quantitative estimate of drug-likeness (QED) is 0.310. The largest absolute Gasteiger partial charge is 0.495 e. The number of esters is 1. The molecule has 2 aromatic carbocycles. The Morgan fingerprint density at radius 1 is 1.12 bits per heavy atom. The van der Waals surface area contributed by atoms with Crippen molar-refractivity contribution in [1.29, 1.82) is 0 Å². The number of benzene rings is 2. The molecule has 0 fully saturated rings. The van der Waals surface area contributed by atoms with Crippen molar-refractivity contribution in [3.05, 3.63) is 41.4 Å². The second-order valence-corrected chi connectivity index (χ2v) is 7.48. The number of methoxy groups -OCH3 is 1. The van der Waals surface area contributed by atoms with Crippen LogP contribution in [0.1, 0.15) is 32.6 Å². The number of aromatic nitrogens is 1. The van der Waals surface area contributed by atoms with E-state index in [0.717, 1.165) is 19.3 Å². The fourth-order valence-electron chi connectivity index (χ4n) is 3.14. The van der Waals surface area contributed by atoms with E-state index >= 15 is 0 Å². The van der Waals surface area contributed by atoms with E-state index in [1.54, 1.807) is 43.3 Å². The zero-order valence-corrected chi connectivity index (χ0v) is 18.8. The first-order chi connectivity index (χ1) is 15.5. The number of carbonyl (C=O) groups excluding carboxylic acids is 2. The van der Waals surface area contributed by atoms with E-state index in [-0.39, 0.29) is 12.0 Å². The summed E-state index contributed by atoms with van der Waals surface area (Å²) in [5, 5.41) is 6.18. The predicted molar refractivity (Wildman–Crippen MR) is 123 cm³/mol. The standard InChI is InChI=1S/C23H26ClN3O5/c1-3-31-21(28)7-5-4-6-12-25-23(29)27-17-13-15(8-10-19(17)30-2)22-26-18-14-16(24)9-11-20(18)32-22/h8-11,13-14H,3-7,12H2,1-2H3,(H2,25,27,29). The molecule has 0 saturated heterocycles. The number of fused-ring (bicyclic) bond motifs is 1. The summed E-state index contributed by atoms with van der Waals surface area (Å²) in [5.74, 6) is 0.736. The number of halogens is 1. The molecule has 3 aromatic rings. The monoisotopic (exact) mass is 459 g/mol. The van der Waals surface area contributed by atoms with Crippen molar-refractivity contribution >= 4 is 40.4 Å². The Kier molecular flexibility index (Phi) is 8.33. The Morgan fingerprint density at radius 2 is 1.97 bits per heavy atom. The molecule has 32 heavy (non-hydrogen) atoms. The third-order valence-electron chi connectivity index (χ3n) is 4.69. The summed E-state index contributed by atoms with van der Waals surface area (Å²) in [7, 11) is 1.53. The first-order valence-electron chi connectivity index (χ1n) is 10.4. The minimum atomic E-state index is -0.352. The summed E-state index contributed by atoms with van der Waals surface area (Å²) in [5.41, 5.74) is 2.45. The van der Waals surface area contributed by atoms with Gasteiger partial charge in [0.25, 0.3) is 0 Å². The van der Waals surface area contributed by atoms with E-state index < -0.39 is 0 Å². The Labute approximate surface area is 191 Å². The van der Waals surface area contributed by atoms with Crippen LogP contribution in [0.25, 0.3) is 22.6 Å². The van der Waals surface area contributed by atoms with Gasteiger partial charge in [0.05, 0.1) is 19.4 Å². The molecule has 0 spiro atoms. The van der Waals surface area contributed by atoms with Gasteiger partial charge in [-0.25, -0.2) is 9.78 Å². The number of oxazole rings is 1. The van der Waals surface area contributed by atoms with Crippen LogP contribution in [0, 0.1) is 0 Å². The molecule has 0 unspecified atom stereocenters. The van der Waals surface area contributed by atoms with E-state index in [9.17, 15) is 9.59 Å². The Bertz CT molecular complexity index is 1080. The minimum Gasteiger partial charge on any atom is -0.495 e. The van der Waals surface area contributed by atoms with Gasteiger partial charge in [-0.2, -0.15) is 0 Å². The Balaban J connectivity index is 1.57. The highest BCUT2D eigenvalue weighted by Gasteiger charge is 2.13. The fourth-order valence-corrected chi connectivity index (χ4v) is 3.30. The van der Waals surface area contributed by atoms with Gasteiger partial charge in [0.15, 0.2) is 5.58 Å². The molecule has 0 radical (unpaired) electrons. The number of amides is 2. The van der Waals surface area contributed by atoms with Gasteiger partial charge >= 0.3 is 12.0 Å². The second kappa shape index (κ2) is 11.4. The average molecular weight is 460 g/mol. The minimum absolute atomic E-state index is 0.188. The van der Waals surface area contributed by atoms with Crippen LogP contribution < -0.4 is 15.4 Å². The van der Waals surface area contributed by atoms with E-state index in [1.807, 2.05) is 0 Å². The number of nitrogens with one attached hydrogen (secondary N) is 2. The SMILES string of the molecule is CCOC(=O)CCCCCNC(=O)Nc1cc(-c2nc3cc(Cl)ccc3o2)ccc1OC. The summed E-state index contributed by atoms with van der Waals surface area (Å²) in [4.78, 5) is 28.1. The molecular formula is C23H26ClN3O5. The zero-order valence-electron chi connectivity index (χ0n) is 18.1. The van der Waals surface area contributed by atoms with Crippen molar-refractivity contribution in [3.8, 4) is 17.2 Å². The molecule has 170 valence electrons. The normalized spacial score (nSPS) is 10.7. The average Bonchev–Trinajstić information content (AvgIpc) is 3.19. The second-order valence-electron chi connectivity index (χ2n) is 7.04. The van der Waals surface area contributed by atoms with E-state index in [0.29, 0.717) is 58.6 Å². The van der Waals surface area contributed by atoms with Gasteiger partial charge in [-0.15, -0.1) is 0 Å². The molecule has 8 nitrogen and oxygen atoms in total. The number of ether oxygens (including phenoxy) is 2. The first-order valence-corrected chi connectivity index (χ1v) is 10.8. The van der Waals surface area contributed by atoms with Crippen LogP contribution in [0.3, 0.4) is 0 Å². The summed E-state index contributed by atoms with van der Waals surface area (Å²) in [6.45, 7) is 2.67. The van der Waals surface area contributed by atoms with Crippen molar-refractivity contribution in [2.75, 3.05) is 25.6 Å². The van der Waals surface area contributed by atoms with Gasteiger partial charge in [0.1, 0.15) is 11.3 Å². The fraction of sp³-hybridized carbons (Fsp3) is 0.348. The molecule has 0 aliphatic rings. The number of hydrogen-bond donors (Lipinski definition) is 2. The Hall–Kier alpha value is -3.26. The first kappa shape index (κ1) is 23.4. The maximum absolute atomic E-state index is 12.3. The zero-order chi connectivity index (χ0) is 22.9. The van der Waals surface area contributed by atoms with Crippen molar-refractivity contribution in [3.63, 3.8) is 0 Å². The van der Waals surface area contributed by atoms with E-state index in [4.69, 9.17) is 25.5 Å². The van der Waals surface area contributed by atoms with Gasteiger partial charge in [0.2, 0.25) is 5.89 Å². The summed E-state index contributed by atoms with van der Waals surface area (Å²) in [6, 6.07) is 10.2. The summed E-state index contributed by atoms with van der Waals surface area (Å²) < 4.78 is 16.1. The smallest absolute Gasteiger partial charge is 0.319 e. The lowest BCUT2D eigenvalue weighted by Gasteiger charge is -2.12. The highest BCUT2D eigenvalue weighted by molar-refractivity contribution is 6.31.